The second-order valence-corrected chi connectivity index (χ2v) is 3.44. The summed E-state index contributed by atoms with van der Waals surface area (Å²) in [5, 5.41) is 6.28. The minimum atomic E-state index is -0.0804. The van der Waals surface area contributed by atoms with Crippen LogP contribution in [0.15, 0.2) is 10.7 Å². The van der Waals surface area contributed by atoms with Crippen molar-refractivity contribution in [1.82, 2.24) is 20.1 Å². The van der Waals surface area contributed by atoms with Crippen molar-refractivity contribution in [3.63, 3.8) is 0 Å². The van der Waals surface area contributed by atoms with Crippen LogP contribution in [0.3, 0.4) is 0 Å². The fourth-order valence-corrected chi connectivity index (χ4v) is 1.48. The fourth-order valence-electron chi connectivity index (χ4n) is 1.48. The van der Waals surface area contributed by atoms with Crippen LogP contribution in [0.4, 0.5) is 5.82 Å². The lowest BCUT2D eigenvalue weighted by Crippen LogP contribution is -2.04. The van der Waals surface area contributed by atoms with E-state index in [1.807, 2.05) is 0 Å². The van der Waals surface area contributed by atoms with Gasteiger partial charge in [-0.2, -0.15) is 4.98 Å². The van der Waals surface area contributed by atoms with Crippen molar-refractivity contribution >= 4 is 11.7 Å². The highest BCUT2D eigenvalue weighted by Gasteiger charge is 2.21. The molecule has 7 heteroatoms. The molecule has 1 N–H and O–H groups in total. The third kappa shape index (κ3) is 1.33. The summed E-state index contributed by atoms with van der Waals surface area (Å²) >= 11 is 0. The van der Waals surface area contributed by atoms with Gasteiger partial charge < -0.3 is 9.84 Å². The van der Waals surface area contributed by atoms with Crippen molar-refractivity contribution < 1.29 is 9.32 Å². The Morgan fingerprint density at radius 3 is 3.06 bits per heavy atom. The Morgan fingerprint density at radius 2 is 2.31 bits per heavy atom. The van der Waals surface area contributed by atoms with E-state index in [1.54, 1.807) is 13.1 Å². The van der Waals surface area contributed by atoms with Gasteiger partial charge in [-0.25, -0.2) is 9.97 Å². The molecule has 2 aromatic heterocycles. The molecule has 0 unspecified atom stereocenters. The van der Waals surface area contributed by atoms with E-state index < -0.39 is 0 Å². The number of anilines is 1. The van der Waals surface area contributed by atoms with Gasteiger partial charge >= 0.3 is 0 Å². The lowest BCUT2D eigenvalue weighted by Gasteiger charge is -1.97. The smallest absolute Gasteiger partial charge is 0.295 e. The van der Waals surface area contributed by atoms with E-state index in [4.69, 9.17) is 4.52 Å². The van der Waals surface area contributed by atoms with Crippen LogP contribution in [0.5, 0.6) is 0 Å². The monoisotopic (exact) mass is 217 g/mol. The van der Waals surface area contributed by atoms with E-state index in [-0.39, 0.29) is 11.8 Å². The van der Waals surface area contributed by atoms with Crippen molar-refractivity contribution in [3.8, 4) is 11.7 Å². The lowest BCUT2D eigenvalue weighted by molar-refractivity contribution is -0.115. The first kappa shape index (κ1) is 8.96. The Bertz CT molecular complexity index is 577. The number of aryl methyl sites for hydroxylation is 1. The highest BCUT2D eigenvalue weighted by molar-refractivity contribution is 5.97. The van der Waals surface area contributed by atoms with Gasteiger partial charge in [0.25, 0.3) is 5.89 Å². The Labute approximate surface area is 89.9 Å². The van der Waals surface area contributed by atoms with E-state index in [2.05, 4.69) is 25.4 Å². The summed E-state index contributed by atoms with van der Waals surface area (Å²) in [5.41, 5.74) is 0.782. The summed E-state index contributed by atoms with van der Waals surface area (Å²) in [4.78, 5) is 23.3. The third-order valence-corrected chi connectivity index (χ3v) is 2.19. The molecule has 0 aromatic carbocycles. The maximum atomic E-state index is 11.1. The quantitative estimate of drug-likeness (QED) is 0.739. The second-order valence-electron chi connectivity index (χ2n) is 3.44. The van der Waals surface area contributed by atoms with Crippen LogP contribution in [0.1, 0.15) is 11.4 Å². The molecule has 0 radical (unpaired) electrons. The molecule has 1 amide bonds. The van der Waals surface area contributed by atoms with E-state index in [9.17, 15) is 4.79 Å². The summed E-state index contributed by atoms with van der Waals surface area (Å²) < 4.78 is 4.94. The number of nitrogens with one attached hydrogen (secondary N) is 1. The zero-order chi connectivity index (χ0) is 11.1. The number of nitrogens with zero attached hydrogens (tertiary/aromatic N) is 4. The largest absolute Gasteiger partial charge is 0.330 e. The predicted molar refractivity (Wildman–Crippen MR) is 52.4 cm³/mol. The SMILES string of the molecule is Cc1noc(-c2ncc3c(n2)NC(=O)C3)n1. The number of carbonyl (C=O) groups is 1. The minimum absolute atomic E-state index is 0.0804. The van der Waals surface area contributed by atoms with Crippen molar-refractivity contribution in [3.05, 3.63) is 17.6 Å². The molecule has 1 aliphatic rings. The van der Waals surface area contributed by atoms with E-state index in [1.165, 1.54) is 0 Å². The number of carbonyl (C=O) groups excluding carboxylic acids is 1. The maximum absolute atomic E-state index is 11.1. The van der Waals surface area contributed by atoms with Gasteiger partial charge in [0.05, 0.1) is 6.42 Å². The minimum Gasteiger partial charge on any atom is -0.330 e. The van der Waals surface area contributed by atoms with Crippen LogP contribution in [0.25, 0.3) is 11.7 Å². The highest BCUT2D eigenvalue weighted by atomic mass is 16.5. The molecule has 0 bridgehead atoms. The van der Waals surface area contributed by atoms with Crippen LogP contribution in [-0.2, 0) is 11.2 Å². The van der Waals surface area contributed by atoms with Gasteiger partial charge in [0.2, 0.25) is 11.7 Å². The molecule has 0 atom stereocenters. The molecule has 0 saturated carbocycles. The van der Waals surface area contributed by atoms with Gasteiger partial charge in [0, 0.05) is 11.8 Å². The Kier molecular flexibility index (Phi) is 1.73. The molecular formula is C9H7N5O2. The van der Waals surface area contributed by atoms with Crippen LogP contribution < -0.4 is 5.32 Å². The standard InChI is InChI=1S/C9H7N5O2/c1-4-11-9(16-14-4)8-10-3-5-2-6(15)12-7(5)13-8/h3H,2H2,1H3,(H,10,12,13,15). The first-order chi connectivity index (χ1) is 7.72. The Hall–Kier alpha value is -2.31. The van der Waals surface area contributed by atoms with E-state index >= 15 is 0 Å². The predicted octanol–water partition coefficient (Wildman–Crippen LogP) is 0.330. The summed E-state index contributed by atoms with van der Waals surface area (Å²) in [6, 6.07) is 0. The number of fused-ring (bicyclic) bond motifs is 1. The van der Waals surface area contributed by atoms with Gasteiger partial charge in [-0.3, -0.25) is 4.79 Å². The third-order valence-electron chi connectivity index (χ3n) is 2.19. The molecule has 16 heavy (non-hydrogen) atoms. The fraction of sp³-hybridized carbons (Fsp3) is 0.222. The molecule has 3 rings (SSSR count). The maximum Gasteiger partial charge on any atom is 0.295 e. The Balaban J connectivity index is 2.05. The molecule has 1 aliphatic heterocycles. The average molecular weight is 217 g/mol. The average Bonchev–Trinajstić information content (AvgIpc) is 2.81. The molecule has 7 nitrogen and oxygen atoms in total. The van der Waals surface area contributed by atoms with Crippen molar-refractivity contribution in [1.29, 1.82) is 0 Å². The van der Waals surface area contributed by atoms with Crippen LogP contribution in [0, 0.1) is 6.92 Å². The zero-order valence-electron chi connectivity index (χ0n) is 8.39. The van der Waals surface area contributed by atoms with Gasteiger partial charge in [0.1, 0.15) is 5.82 Å². The summed E-state index contributed by atoms with van der Waals surface area (Å²) in [7, 11) is 0. The summed E-state index contributed by atoms with van der Waals surface area (Å²) in [5.74, 6) is 1.53. The van der Waals surface area contributed by atoms with Crippen LogP contribution in [-0.4, -0.2) is 26.0 Å². The molecule has 2 aromatic rings. The molecule has 3 heterocycles. The van der Waals surface area contributed by atoms with Crippen molar-refractivity contribution in [2.24, 2.45) is 0 Å². The van der Waals surface area contributed by atoms with Gasteiger partial charge in [0.15, 0.2) is 5.82 Å². The number of aromatic nitrogens is 4. The topological polar surface area (TPSA) is 93.8 Å². The number of hydrogen-bond acceptors (Lipinski definition) is 6. The normalized spacial score (nSPS) is 13.7. The molecule has 0 spiro atoms. The van der Waals surface area contributed by atoms with E-state index in [0.29, 0.717) is 23.9 Å². The number of rotatable bonds is 1. The van der Waals surface area contributed by atoms with Crippen molar-refractivity contribution in [2.75, 3.05) is 5.32 Å². The molecule has 0 aliphatic carbocycles. The van der Waals surface area contributed by atoms with E-state index in [0.717, 1.165) is 5.56 Å². The summed E-state index contributed by atoms with van der Waals surface area (Å²) in [6.45, 7) is 1.71. The molecule has 0 saturated heterocycles. The second kappa shape index (κ2) is 3.09. The lowest BCUT2D eigenvalue weighted by atomic mass is 10.3. The highest BCUT2D eigenvalue weighted by Crippen LogP contribution is 2.22. The van der Waals surface area contributed by atoms with Gasteiger partial charge in [-0.15, -0.1) is 0 Å². The molecular weight excluding hydrogens is 210 g/mol. The van der Waals surface area contributed by atoms with Crippen LogP contribution in [0.2, 0.25) is 0 Å². The number of amides is 1. The first-order valence-corrected chi connectivity index (χ1v) is 4.69. The van der Waals surface area contributed by atoms with Gasteiger partial charge in [-0.1, -0.05) is 5.16 Å². The van der Waals surface area contributed by atoms with Crippen molar-refractivity contribution in [2.45, 2.75) is 13.3 Å². The number of hydrogen-bond donors (Lipinski definition) is 1. The Morgan fingerprint density at radius 1 is 1.44 bits per heavy atom. The molecule has 80 valence electrons. The molecule has 0 fully saturated rings. The first-order valence-electron chi connectivity index (χ1n) is 4.69. The van der Waals surface area contributed by atoms with Gasteiger partial charge in [-0.05, 0) is 6.92 Å². The summed E-state index contributed by atoms with van der Waals surface area (Å²) in [6.07, 6.45) is 1.91. The zero-order valence-corrected chi connectivity index (χ0v) is 8.39. The van der Waals surface area contributed by atoms with Crippen LogP contribution >= 0.6 is 0 Å².